The van der Waals surface area contributed by atoms with E-state index in [4.69, 9.17) is 5.14 Å². The van der Waals surface area contributed by atoms with Gasteiger partial charge in [0.15, 0.2) is 5.69 Å². The van der Waals surface area contributed by atoms with Crippen molar-refractivity contribution in [2.45, 2.75) is 37.1 Å². The highest BCUT2D eigenvalue weighted by Crippen LogP contribution is 2.28. The lowest BCUT2D eigenvalue weighted by Gasteiger charge is -2.14. The summed E-state index contributed by atoms with van der Waals surface area (Å²) in [7, 11) is -3.77. The molecule has 0 bridgehead atoms. The molecule has 1 aliphatic carbocycles. The van der Waals surface area contributed by atoms with E-state index in [0.717, 1.165) is 36.1 Å². The second-order valence-corrected chi connectivity index (χ2v) is 8.89. The predicted molar refractivity (Wildman–Crippen MR) is 109 cm³/mol. The molecule has 1 amide bonds. The molecule has 9 heteroatoms. The monoisotopic (exact) mass is 428 g/mol. The van der Waals surface area contributed by atoms with Crippen LogP contribution in [0.25, 0.3) is 5.69 Å². The number of carbonyl (C=O) groups is 1. The number of sulfonamides is 1. The van der Waals surface area contributed by atoms with E-state index in [9.17, 15) is 17.6 Å². The van der Waals surface area contributed by atoms with E-state index < -0.39 is 10.0 Å². The van der Waals surface area contributed by atoms with Crippen LogP contribution in [-0.2, 0) is 22.9 Å². The fourth-order valence-electron chi connectivity index (χ4n) is 3.71. The van der Waals surface area contributed by atoms with Crippen LogP contribution in [0.5, 0.6) is 0 Å². The second kappa shape index (κ2) is 7.66. The number of rotatable bonds is 5. The van der Waals surface area contributed by atoms with E-state index in [2.05, 4.69) is 10.4 Å². The zero-order chi connectivity index (χ0) is 21.5. The Morgan fingerprint density at radius 3 is 2.43 bits per heavy atom. The van der Waals surface area contributed by atoms with Crippen LogP contribution < -0.4 is 10.5 Å². The summed E-state index contributed by atoms with van der Waals surface area (Å²) in [5.74, 6) is -0.639. The number of hydrogen-bond donors (Lipinski definition) is 2. The molecule has 1 atom stereocenters. The summed E-state index contributed by atoms with van der Waals surface area (Å²) in [6.07, 6.45) is 2.49. The molecule has 0 radical (unpaired) electrons. The molecule has 1 aliphatic rings. The fraction of sp³-hybridized carbons (Fsp3) is 0.238. The van der Waals surface area contributed by atoms with Crippen LogP contribution in [0.1, 0.15) is 46.7 Å². The van der Waals surface area contributed by atoms with Gasteiger partial charge >= 0.3 is 0 Å². The first-order chi connectivity index (χ1) is 14.2. The number of nitrogens with one attached hydrogen (secondary N) is 1. The number of nitrogens with zero attached hydrogens (tertiary/aromatic N) is 2. The number of hydrogen-bond acceptors (Lipinski definition) is 4. The minimum Gasteiger partial charge on any atom is -0.344 e. The second-order valence-electron chi connectivity index (χ2n) is 7.32. The van der Waals surface area contributed by atoms with Crippen molar-refractivity contribution in [3.63, 3.8) is 0 Å². The third kappa shape index (κ3) is 3.86. The van der Waals surface area contributed by atoms with Crippen molar-refractivity contribution in [2.75, 3.05) is 0 Å². The van der Waals surface area contributed by atoms with Gasteiger partial charge in [-0.2, -0.15) is 5.10 Å². The van der Waals surface area contributed by atoms with Gasteiger partial charge in [-0.05, 0) is 68.1 Å². The average molecular weight is 428 g/mol. The van der Waals surface area contributed by atoms with Crippen LogP contribution in [0.3, 0.4) is 0 Å². The van der Waals surface area contributed by atoms with Crippen LogP contribution in [0, 0.1) is 5.82 Å². The van der Waals surface area contributed by atoms with Crippen molar-refractivity contribution < 1.29 is 17.6 Å². The molecule has 0 unspecified atom stereocenters. The standard InChI is InChI=1S/C21H21FN4O3S/c1-13(14-5-11-17(12-6-14)30(23,28)29)24-21(27)20-18-3-2-4-19(18)26(25-20)16-9-7-15(22)8-10-16/h5-13H,2-4H2,1H3,(H,24,27)(H2,23,28,29)/t13-/m1/s1. The first kappa shape index (κ1) is 20.2. The molecule has 0 aliphatic heterocycles. The van der Waals surface area contributed by atoms with E-state index in [1.807, 2.05) is 0 Å². The van der Waals surface area contributed by atoms with Gasteiger partial charge < -0.3 is 5.32 Å². The van der Waals surface area contributed by atoms with Gasteiger partial charge in [0.2, 0.25) is 10.0 Å². The molecule has 1 heterocycles. The summed E-state index contributed by atoms with van der Waals surface area (Å²) in [6, 6.07) is 11.7. The molecule has 7 nitrogen and oxygen atoms in total. The SMILES string of the molecule is C[C@@H](NC(=O)c1nn(-c2ccc(F)cc2)c2c1CCC2)c1ccc(S(N)(=O)=O)cc1. The van der Waals surface area contributed by atoms with Crippen molar-refractivity contribution in [3.8, 4) is 5.69 Å². The number of primary sulfonamides is 1. The van der Waals surface area contributed by atoms with Gasteiger partial charge in [0.05, 0.1) is 16.6 Å². The van der Waals surface area contributed by atoms with Crippen molar-refractivity contribution in [3.05, 3.63) is 76.9 Å². The minimum absolute atomic E-state index is 0.0145. The Hall–Kier alpha value is -3.04. The maximum absolute atomic E-state index is 13.3. The van der Waals surface area contributed by atoms with E-state index in [1.54, 1.807) is 35.9 Å². The summed E-state index contributed by atoms with van der Waals surface area (Å²) in [6.45, 7) is 1.81. The summed E-state index contributed by atoms with van der Waals surface area (Å²) in [5.41, 5.74) is 3.69. The Morgan fingerprint density at radius 2 is 1.80 bits per heavy atom. The summed E-state index contributed by atoms with van der Waals surface area (Å²) in [4.78, 5) is 13.0. The molecule has 0 spiro atoms. The number of amides is 1. The van der Waals surface area contributed by atoms with Crippen molar-refractivity contribution in [1.82, 2.24) is 15.1 Å². The number of benzene rings is 2. The number of aromatic nitrogens is 2. The number of fused-ring (bicyclic) bond motifs is 1. The molecule has 3 N–H and O–H groups in total. The molecular weight excluding hydrogens is 407 g/mol. The summed E-state index contributed by atoms with van der Waals surface area (Å²) >= 11 is 0. The van der Waals surface area contributed by atoms with Gasteiger partial charge in [-0.15, -0.1) is 0 Å². The average Bonchev–Trinajstić information content (AvgIpc) is 3.31. The maximum atomic E-state index is 13.3. The predicted octanol–water partition coefficient (Wildman–Crippen LogP) is 2.64. The van der Waals surface area contributed by atoms with Crippen LogP contribution in [0.4, 0.5) is 4.39 Å². The Morgan fingerprint density at radius 1 is 1.13 bits per heavy atom. The molecule has 4 rings (SSSR count). The van der Waals surface area contributed by atoms with Crippen molar-refractivity contribution in [1.29, 1.82) is 0 Å². The number of nitrogens with two attached hydrogens (primary N) is 1. The summed E-state index contributed by atoms with van der Waals surface area (Å²) < 4.78 is 37.8. The van der Waals surface area contributed by atoms with E-state index in [1.165, 1.54) is 24.3 Å². The van der Waals surface area contributed by atoms with Crippen molar-refractivity contribution >= 4 is 15.9 Å². The highest BCUT2D eigenvalue weighted by Gasteiger charge is 2.27. The first-order valence-corrected chi connectivity index (χ1v) is 11.1. The fourth-order valence-corrected chi connectivity index (χ4v) is 4.23. The highest BCUT2D eigenvalue weighted by atomic mass is 32.2. The number of halogens is 1. The van der Waals surface area contributed by atoms with Crippen LogP contribution in [-0.4, -0.2) is 24.1 Å². The van der Waals surface area contributed by atoms with Gasteiger partial charge in [-0.25, -0.2) is 22.6 Å². The smallest absolute Gasteiger partial charge is 0.272 e. The maximum Gasteiger partial charge on any atom is 0.272 e. The van der Waals surface area contributed by atoms with Gasteiger partial charge in [0, 0.05) is 11.3 Å². The third-order valence-corrected chi connectivity index (χ3v) is 6.20. The van der Waals surface area contributed by atoms with Crippen LogP contribution in [0.15, 0.2) is 53.4 Å². The zero-order valence-corrected chi connectivity index (χ0v) is 17.1. The van der Waals surface area contributed by atoms with Gasteiger partial charge in [0.1, 0.15) is 5.82 Å². The van der Waals surface area contributed by atoms with E-state index in [0.29, 0.717) is 11.4 Å². The largest absolute Gasteiger partial charge is 0.344 e. The van der Waals surface area contributed by atoms with Gasteiger partial charge in [0.25, 0.3) is 5.91 Å². The third-order valence-electron chi connectivity index (χ3n) is 5.27. The lowest BCUT2D eigenvalue weighted by Crippen LogP contribution is -2.28. The number of carbonyl (C=O) groups excluding carboxylic acids is 1. The van der Waals surface area contributed by atoms with Gasteiger partial charge in [-0.3, -0.25) is 4.79 Å². The molecule has 0 fully saturated rings. The molecular formula is C21H21FN4O3S. The molecule has 0 saturated carbocycles. The van der Waals surface area contributed by atoms with Crippen LogP contribution >= 0.6 is 0 Å². The molecule has 2 aromatic carbocycles. The Balaban J connectivity index is 1.58. The molecule has 1 aromatic heterocycles. The quantitative estimate of drug-likeness (QED) is 0.651. The lowest BCUT2D eigenvalue weighted by atomic mass is 10.1. The minimum atomic E-state index is -3.77. The van der Waals surface area contributed by atoms with E-state index in [-0.39, 0.29) is 22.7 Å². The molecule has 3 aromatic rings. The van der Waals surface area contributed by atoms with Gasteiger partial charge in [-0.1, -0.05) is 12.1 Å². The Kier molecular flexibility index (Phi) is 5.17. The zero-order valence-electron chi connectivity index (χ0n) is 16.3. The molecule has 0 saturated heterocycles. The topological polar surface area (TPSA) is 107 Å². The normalized spacial score (nSPS) is 14.4. The Labute approximate surface area is 173 Å². The van der Waals surface area contributed by atoms with E-state index >= 15 is 0 Å². The summed E-state index contributed by atoms with van der Waals surface area (Å²) in [5, 5.41) is 12.6. The Bertz CT molecular complexity index is 1200. The molecule has 156 valence electrons. The first-order valence-electron chi connectivity index (χ1n) is 9.54. The lowest BCUT2D eigenvalue weighted by molar-refractivity contribution is 0.0933. The highest BCUT2D eigenvalue weighted by molar-refractivity contribution is 7.89. The van der Waals surface area contributed by atoms with Crippen molar-refractivity contribution in [2.24, 2.45) is 5.14 Å². The van der Waals surface area contributed by atoms with Crippen LogP contribution in [0.2, 0.25) is 0 Å². The molecule has 30 heavy (non-hydrogen) atoms.